The summed E-state index contributed by atoms with van der Waals surface area (Å²) in [6, 6.07) is 10.8. The minimum absolute atomic E-state index is 0.123. The summed E-state index contributed by atoms with van der Waals surface area (Å²) in [5.74, 6) is -0.253. The predicted octanol–water partition coefficient (Wildman–Crippen LogP) is 2.06. The summed E-state index contributed by atoms with van der Waals surface area (Å²) in [6.45, 7) is 3.10. The second-order valence-electron chi connectivity index (χ2n) is 7.71. The van der Waals surface area contributed by atoms with Crippen LogP contribution in [-0.4, -0.2) is 76.8 Å². The number of hydrogen-bond acceptors (Lipinski definition) is 7. The first-order valence-corrected chi connectivity index (χ1v) is 10.6. The van der Waals surface area contributed by atoms with Gasteiger partial charge in [0.1, 0.15) is 6.10 Å². The predicted molar refractivity (Wildman–Crippen MR) is 116 cm³/mol. The average Bonchev–Trinajstić information content (AvgIpc) is 3.32. The molecule has 0 unspecified atom stereocenters. The number of amides is 2. The number of hydrogen-bond donors (Lipinski definition) is 1. The van der Waals surface area contributed by atoms with Gasteiger partial charge in [-0.05, 0) is 18.6 Å². The molecule has 0 saturated carbocycles. The third-order valence-corrected chi connectivity index (χ3v) is 5.56. The molecule has 0 spiro atoms. The first-order chi connectivity index (χ1) is 15.5. The molecule has 1 aromatic carbocycles. The third kappa shape index (κ3) is 4.35. The highest BCUT2D eigenvalue weighted by Crippen LogP contribution is 2.27. The van der Waals surface area contributed by atoms with E-state index < -0.39 is 6.10 Å². The number of ether oxygens (including phenoxy) is 1. The lowest BCUT2D eigenvalue weighted by Crippen LogP contribution is -2.42. The molecular formula is C23H26N4O5. The lowest BCUT2D eigenvalue weighted by Gasteiger charge is -2.32. The van der Waals surface area contributed by atoms with Gasteiger partial charge >= 0.3 is 0 Å². The minimum atomic E-state index is -0.486. The number of pyridine rings is 1. The number of carbonyl (C=O) groups is 2. The third-order valence-electron chi connectivity index (χ3n) is 5.56. The zero-order valence-electron chi connectivity index (χ0n) is 18.2. The Morgan fingerprint density at radius 1 is 1.28 bits per heavy atom. The molecule has 0 aliphatic carbocycles. The van der Waals surface area contributed by atoms with Crippen molar-refractivity contribution in [2.24, 2.45) is 0 Å². The Morgan fingerprint density at radius 3 is 2.84 bits per heavy atom. The quantitative estimate of drug-likeness (QED) is 0.627. The molecule has 1 N–H and O–H groups in total. The van der Waals surface area contributed by atoms with Crippen molar-refractivity contribution in [3.8, 4) is 0 Å². The van der Waals surface area contributed by atoms with Gasteiger partial charge in [0.15, 0.2) is 0 Å². The largest absolute Gasteiger partial charge is 0.395 e. The molecule has 168 valence electrons. The van der Waals surface area contributed by atoms with Gasteiger partial charge < -0.3 is 24.2 Å². The highest BCUT2D eigenvalue weighted by Gasteiger charge is 2.30. The lowest BCUT2D eigenvalue weighted by molar-refractivity contribution is -0.0257. The van der Waals surface area contributed by atoms with Crippen LogP contribution in [0.1, 0.15) is 45.3 Å². The maximum absolute atomic E-state index is 13.0. The molecule has 9 heteroatoms. The summed E-state index contributed by atoms with van der Waals surface area (Å²) < 4.78 is 11.1. The number of likely N-dealkylation sites (N-methyl/N-ethyl adjacent to an activating group) is 1. The van der Waals surface area contributed by atoms with Gasteiger partial charge in [0.05, 0.1) is 42.2 Å². The Balaban J connectivity index is 1.63. The number of aliphatic hydroxyl groups is 1. The SMILES string of the molecule is CCc1cc(C(=O)N2CCO[C@@H](c3cc(C(=O)N(C)CCO)c4ccccc4n3)C2)on1. The van der Waals surface area contributed by atoms with Gasteiger partial charge in [-0.3, -0.25) is 9.59 Å². The zero-order chi connectivity index (χ0) is 22.7. The number of fused-ring (bicyclic) bond motifs is 1. The van der Waals surface area contributed by atoms with Gasteiger partial charge in [0.25, 0.3) is 11.8 Å². The molecule has 1 atom stereocenters. The fraction of sp³-hybridized carbons (Fsp3) is 0.391. The summed E-state index contributed by atoms with van der Waals surface area (Å²) in [7, 11) is 1.65. The normalized spacial score (nSPS) is 16.3. The van der Waals surface area contributed by atoms with Crippen LogP contribution in [0.3, 0.4) is 0 Å². The summed E-state index contributed by atoms with van der Waals surface area (Å²) in [6.07, 6.45) is 0.200. The second-order valence-corrected chi connectivity index (χ2v) is 7.71. The average molecular weight is 438 g/mol. The summed E-state index contributed by atoms with van der Waals surface area (Å²) in [4.78, 5) is 33.8. The van der Waals surface area contributed by atoms with Crippen LogP contribution in [-0.2, 0) is 11.2 Å². The first-order valence-electron chi connectivity index (χ1n) is 10.6. The molecule has 3 aromatic rings. The van der Waals surface area contributed by atoms with Crippen molar-refractivity contribution in [1.82, 2.24) is 19.9 Å². The van der Waals surface area contributed by atoms with E-state index in [0.717, 1.165) is 11.1 Å². The molecule has 1 aliphatic rings. The molecule has 32 heavy (non-hydrogen) atoms. The molecule has 3 heterocycles. The van der Waals surface area contributed by atoms with E-state index in [-0.39, 0.29) is 37.3 Å². The van der Waals surface area contributed by atoms with E-state index in [4.69, 9.17) is 14.2 Å². The number of carbonyl (C=O) groups excluding carboxylic acids is 2. The van der Waals surface area contributed by atoms with Crippen LogP contribution in [0.5, 0.6) is 0 Å². The van der Waals surface area contributed by atoms with Crippen LogP contribution in [0.2, 0.25) is 0 Å². The smallest absolute Gasteiger partial charge is 0.292 e. The first kappa shape index (κ1) is 21.9. The van der Waals surface area contributed by atoms with E-state index in [2.05, 4.69) is 5.16 Å². The molecule has 1 saturated heterocycles. The Hall–Kier alpha value is -3.30. The number of morpholine rings is 1. The van der Waals surface area contributed by atoms with Crippen molar-refractivity contribution < 1.29 is 24.0 Å². The highest BCUT2D eigenvalue weighted by molar-refractivity contribution is 6.06. The lowest BCUT2D eigenvalue weighted by atomic mass is 10.0. The number of aliphatic hydroxyl groups excluding tert-OH is 1. The van der Waals surface area contributed by atoms with E-state index >= 15 is 0 Å². The summed E-state index contributed by atoms with van der Waals surface area (Å²) in [5.41, 5.74) is 2.45. The van der Waals surface area contributed by atoms with Crippen LogP contribution in [0.15, 0.2) is 40.9 Å². The van der Waals surface area contributed by atoms with Crippen LogP contribution >= 0.6 is 0 Å². The number of aryl methyl sites for hydroxylation is 1. The molecule has 0 radical (unpaired) electrons. The minimum Gasteiger partial charge on any atom is -0.395 e. The molecule has 2 aromatic heterocycles. The number of nitrogens with zero attached hydrogens (tertiary/aromatic N) is 4. The molecule has 9 nitrogen and oxygen atoms in total. The van der Waals surface area contributed by atoms with Gasteiger partial charge in [0.2, 0.25) is 5.76 Å². The summed E-state index contributed by atoms with van der Waals surface area (Å²) >= 11 is 0. The van der Waals surface area contributed by atoms with Crippen LogP contribution in [0.4, 0.5) is 0 Å². The summed E-state index contributed by atoms with van der Waals surface area (Å²) in [5, 5.41) is 13.8. The number of benzene rings is 1. The van der Waals surface area contributed by atoms with Crippen molar-refractivity contribution in [2.75, 3.05) is 39.9 Å². The van der Waals surface area contributed by atoms with Gasteiger partial charge in [0, 0.05) is 31.6 Å². The van der Waals surface area contributed by atoms with E-state index in [9.17, 15) is 14.7 Å². The highest BCUT2D eigenvalue weighted by atomic mass is 16.5. The maximum Gasteiger partial charge on any atom is 0.292 e. The van der Waals surface area contributed by atoms with E-state index in [1.54, 1.807) is 24.1 Å². The zero-order valence-corrected chi connectivity index (χ0v) is 18.2. The van der Waals surface area contributed by atoms with Gasteiger partial charge in [-0.2, -0.15) is 0 Å². The van der Waals surface area contributed by atoms with Gasteiger partial charge in [-0.15, -0.1) is 0 Å². The van der Waals surface area contributed by atoms with Crippen molar-refractivity contribution in [3.05, 3.63) is 59.1 Å². The monoisotopic (exact) mass is 438 g/mol. The number of para-hydroxylation sites is 1. The number of rotatable bonds is 6. The Morgan fingerprint density at radius 2 is 2.09 bits per heavy atom. The van der Waals surface area contributed by atoms with Crippen LogP contribution in [0, 0.1) is 0 Å². The Bertz CT molecular complexity index is 1130. The molecule has 0 bridgehead atoms. The molecule has 1 aliphatic heterocycles. The number of aromatic nitrogens is 2. The molecule has 1 fully saturated rings. The van der Waals surface area contributed by atoms with Gasteiger partial charge in [-0.25, -0.2) is 4.98 Å². The van der Waals surface area contributed by atoms with E-state index in [1.165, 1.54) is 4.90 Å². The topological polar surface area (TPSA) is 109 Å². The molecule has 2 amide bonds. The maximum atomic E-state index is 13.0. The van der Waals surface area contributed by atoms with Crippen molar-refractivity contribution in [1.29, 1.82) is 0 Å². The van der Waals surface area contributed by atoms with Crippen LogP contribution in [0.25, 0.3) is 10.9 Å². The van der Waals surface area contributed by atoms with E-state index in [1.807, 2.05) is 31.2 Å². The van der Waals surface area contributed by atoms with E-state index in [0.29, 0.717) is 36.3 Å². The fourth-order valence-corrected chi connectivity index (χ4v) is 3.74. The van der Waals surface area contributed by atoms with Crippen molar-refractivity contribution in [2.45, 2.75) is 19.4 Å². The molecular weight excluding hydrogens is 412 g/mol. The standard InChI is InChI=1S/C23H26N4O5/c1-3-15-12-20(32-25-15)23(30)27-9-11-31-21(14-27)19-13-17(22(29)26(2)8-10-28)16-6-4-5-7-18(16)24-19/h4-7,12-13,21,28H,3,8-11,14H2,1-2H3/t21-/m1/s1. The van der Waals surface area contributed by atoms with Crippen molar-refractivity contribution in [3.63, 3.8) is 0 Å². The van der Waals surface area contributed by atoms with Crippen molar-refractivity contribution >= 4 is 22.7 Å². The second kappa shape index (κ2) is 9.46. The fourth-order valence-electron chi connectivity index (χ4n) is 3.74. The Labute approximate surface area is 185 Å². The van der Waals surface area contributed by atoms with Crippen LogP contribution < -0.4 is 0 Å². The van der Waals surface area contributed by atoms with Gasteiger partial charge in [-0.1, -0.05) is 30.3 Å². The molecule has 4 rings (SSSR count). The Kier molecular flexibility index (Phi) is 6.48.